The summed E-state index contributed by atoms with van der Waals surface area (Å²) in [4.78, 5) is 2.29. The first kappa shape index (κ1) is 16.5. The second-order valence-electron chi connectivity index (χ2n) is 6.04. The maximum Gasteiger partial charge on any atom is 0.153 e. The van der Waals surface area contributed by atoms with Crippen LogP contribution in [0, 0.1) is 6.92 Å². The highest BCUT2D eigenvalue weighted by molar-refractivity contribution is 7.91. The molecule has 0 bridgehead atoms. The number of hydrogen-bond donors (Lipinski definition) is 1. The van der Waals surface area contributed by atoms with Gasteiger partial charge in [-0.2, -0.15) is 0 Å². The van der Waals surface area contributed by atoms with E-state index in [9.17, 15) is 8.42 Å². The molecule has 2 atom stereocenters. The molecule has 1 aliphatic rings. The van der Waals surface area contributed by atoms with Crippen molar-refractivity contribution in [2.75, 3.05) is 31.6 Å². The van der Waals surface area contributed by atoms with Crippen molar-refractivity contribution in [3.8, 4) is 0 Å². The lowest BCUT2D eigenvalue weighted by Crippen LogP contribution is -2.47. The maximum atomic E-state index is 11.6. The number of benzene rings is 1. The maximum absolute atomic E-state index is 11.6. The Bertz CT molecular complexity index is 554. The van der Waals surface area contributed by atoms with Gasteiger partial charge in [-0.15, -0.1) is 0 Å². The second-order valence-corrected chi connectivity index (χ2v) is 8.27. The average molecular weight is 310 g/mol. The third kappa shape index (κ3) is 4.53. The lowest BCUT2D eigenvalue weighted by molar-refractivity contribution is 0.215. The van der Waals surface area contributed by atoms with Crippen LogP contribution in [-0.2, 0) is 9.84 Å². The number of hydrogen-bond acceptors (Lipinski definition) is 4. The van der Waals surface area contributed by atoms with E-state index in [4.69, 9.17) is 0 Å². The Morgan fingerprint density at radius 2 is 2.00 bits per heavy atom. The van der Waals surface area contributed by atoms with Crippen molar-refractivity contribution >= 4 is 9.84 Å². The van der Waals surface area contributed by atoms with Gasteiger partial charge in [-0.1, -0.05) is 29.8 Å². The van der Waals surface area contributed by atoms with E-state index in [1.165, 1.54) is 11.1 Å². The molecule has 1 aromatic carbocycles. The Kier molecular flexibility index (Phi) is 5.41. The zero-order valence-corrected chi connectivity index (χ0v) is 14.0. The largest absolute Gasteiger partial charge is 0.313 e. The lowest BCUT2D eigenvalue weighted by Gasteiger charge is -2.34. The molecule has 1 heterocycles. The highest BCUT2D eigenvalue weighted by atomic mass is 32.2. The van der Waals surface area contributed by atoms with Crippen LogP contribution in [-0.4, -0.2) is 51.0 Å². The van der Waals surface area contributed by atoms with Crippen molar-refractivity contribution < 1.29 is 8.42 Å². The first-order chi connectivity index (χ1) is 9.91. The van der Waals surface area contributed by atoms with E-state index < -0.39 is 9.84 Å². The molecule has 0 spiro atoms. The summed E-state index contributed by atoms with van der Waals surface area (Å²) < 4.78 is 23.2. The van der Waals surface area contributed by atoms with Crippen molar-refractivity contribution in [3.05, 3.63) is 35.4 Å². The van der Waals surface area contributed by atoms with Gasteiger partial charge in [0.1, 0.15) is 0 Å². The summed E-state index contributed by atoms with van der Waals surface area (Å²) in [6, 6.07) is 9.04. The molecule has 4 nitrogen and oxygen atoms in total. The van der Waals surface area contributed by atoms with Crippen LogP contribution >= 0.6 is 0 Å². The van der Waals surface area contributed by atoms with Crippen molar-refractivity contribution in [2.24, 2.45) is 0 Å². The summed E-state index contributed by atoms with van der Waals surface area (Å²) in [5.41, 5.74) is 2.56. The number of aryl methyl sites for hydroxylation is 1. The van der Waals surface area contributed by atoms with E-state index in [1.807, 2.05) is 14.0 Å². The van der Waals surface area contributed by atoms with Crippen LogP contribution in [0.4, 0.5) is 0 Å². The third-order valence-electron chi connectivity index (χ3n) is 4.34. The van der Waals surface area contributed by atoms with Crippen LogP contribution in [0.15, 0.2) is 24.3 Å². The molecule has 1 saturated heterocycles. The molecule has 1 aliphatic heterocycles. The fraction of sp³-hybridized carbons (Fsp3) is 0.625. The van der Waals surface area contributed by atoms with Gasteiger partial charge in [0.2, 0.25) is 0 Å². The van der Waals surface area contributed by atoms with Crippen LogP contribution < -0.4 is 5.32 Å². The first-order valence-electron chi connectivity index (χ1n) is 7.59. The van der Waals surface area contributed by atoms with Gasteiger partial charge in [0.15, 0.2) is 9.84 Å². The Hall–Kier alpha value is -0.910. The van der Waals surface area contributed by atoms with E-state index in [2.05, 4.69) is 41.4 Å². The van der Waals surface area contributed by atoms with Gasteiger partial charge >= 0.3 is 0 Å². The van der Waals surface area contributed by atoms with Crippen LogP contribution in [0.2, 0.25) is 0 Å². The van der Waals surface area contributed by atoms with Crippen molar-refractivity contribution in [3.63, 3.8) is 0 Å². The van der Waals surface area contributed by atoms with Gasteiger partial charge in [-0.3, -0.25) is 4.90 Å². The topological polar surface area (TPSA) is 49.4 Å². The number of rotatable bonds is 5. The number of sulfone groups is 1. The van der Waals surface area contributed by atoms with Crippen molar-refractivity contribution in [2.45, 2.75) is 32.4 Å². The molecule has 0 amide bonds. The molecule has 1 aromatic rings. The van der Waals surface area contributed by atoms with Crippen molar-refractivity contribution in [1.29, 1.82) is 0 Å². The quantitative estimate of drug-likeness (QED) is 0.900. The van der Waals surface area contributed by atoms with E-state index in [0.29, 0.717) is 24.1 Å². The molecule has 2 rings (SSSR count). The van der Waals surface area contributed by atoms with Gasteiger partial charge in [-0.05, 0) is 32.9 Å². The summed E-state index contributed by atoms with van der Waals surface area (Å²) in [6.45, 7) is 5.69. The summed E-state index contributed by atoms with van der Waals surface area (Å²) in [5, 5.41) is 3.36. The molecule has 1 fully saturated rings. The Morgan fingerprint density at radius 1 is 1.33 bits per heavy atom. The lowest BCUT2D eigenvalue weighted by atomic mass is 10.0. The fourth-order valence-electron chi connectivity index (χ4n) is 2.94. The van der Waals surface area contributed by atoms with Crippen molar-refractivity contribution in [1.82, 2.24) is 10.2 Å². The fourth-order valence-corrected chi connectivity index (χ4v) is 4.56. The minimum absolute atomic E-state index is 0.124. The van der Waals surface area contributed by atoms with E-state index in [-0.39, 0.29) is 6.04 Å². The molecule has 21 heavy (non-hydrogen) atoms. The average Bonchev–Trinajstić information content (AvgIpc) is 2.42. The van der Waals surface area contributed by atoms with Crippen LogP contribution in [0.5, 0.6) is 0 Å². The van der Waals surface area contributed by atoms with Gasteiger partial charge < -0.3 is 5.32 Å². The van der Waals surface area contributed by atoms with E-state index >= 15 is 0 Å². The van der Waals surface area contributed by atoms with Crippen LogP contribution in [0.3, 0.4) is 0 Å². The number of nitrogens with one attached hydrogen (secondary N) is 1. The summed E-state index contributed by atoms with van der Waals surface area (Å²) in [7, 11) is -0.842. The molecule has 0 aromatic heterocycles. The first-order valence-corrected chi connectivity index (χ1v) is 9.42. The Labute approximate surface area is 128 Å². The molecule has 0 aliphatic carbocycles. The van der Waals surface area contributed by atoms with E-state index in [0.717, 1.165) is 13.0 Å². The van der Waals surface area contributed by atoms with Gasteiger partial charge in [0.05, 0.1) is 11.5 Å². The Balaban J connectivity index is 1.93. The molecule has 2 unspecified atom stereocenters. The standard InChI is InChI=1S/C16H26N2O2S/c1-13-4-6-15(7-5-13)16(17-3)8-9-18-10-11-21(19,20)12-14(18)2/h4-7,14,16-17H,8-12H2,1-3H3. The molecular formula is C16H26N2O2S. The summed E-state index contributed by atoms with van der Waals surface area (Å²) in [5.74, 6) is 0.591. The highest BCUT2D eigenvalue weighted by Crippen LogP contribution is 2.19. The predicted octanol–water partition coefficient (Wildman–Crippen LogP) is 1.76. The van der Waals surface area contributed by atoms with Crippen LogP contribution in [0.25, 0.3) is 0 Å². The monoisotopic (exact) mass is 310 g/mol. The molecule has 0 saturated carbocycles. The normalized spacial score (nSPS) is 23.9. The molecule has 0 radical (unpaired) electrons. The highest BCUT2D eigenvalue weighted by Gasteiger charge is 2.28. The van der Waals surface area contributed by atoms with Gasteiger partial charge in [0, 0.05) is 25.2 Å². The zero-order chi connectivity index (χ0) is 15.5. The Morgan fingerprint density at radius 3 is 2.57 bits per heavy atom. The zero-order valence-electron chi connectivity index (χ0n) is 13.2. The molecule has 5 heteroatoms. The van der Waals surface area contributed by atoms with Gasteiger partial charge in [0.25, 0.3) is 0 Å². The van der Waals surface area contributed by atoms with Gasteiger partial charge in [-0.25, -0.2) is 8.42 Å². The van der Waals surface area contributed by atoms with Crippen LogP contribution in [0.1, 0.15) is 30.5 Å². The number of nitrogens with zero attached hydrogens (tertiary/aromatic N) is 1. The SMILES string of the molecule is CNC(CCN1CCS(=O)(=O)CC1C)c1ccc(C)cc1. The molecular weight excluding hydrogens is 284 g/mol. The second kappa shape index (κ2) is 6.90. The summed E-state index contributed by atoms with van der Waals surface area (Å²) in [6.07, 6.45) is 0.990. The minimum atomic E-state index is -2.82. The smallest absolute Gasteiger partial charge is 0.153 e. The minimum Gasteiger partial charge on any atom is -0.313 e. The predicted molar refractivity (Wildman–Crippen MR) is 87.3 cm³/mol. The third-order valence-corrected chi connectivity index (χ3v) is 6.14. The molecule has 118 valence electrons. The molecule has 1 N–H and O–H groups in total. The van der Waals surface area contributed by atoms with E-state index in [1.54, 1.807) is 0 Å². The summed E-state index contributed by atoms with van der Waals surface area (Å²) >= 11 is 0.